The van der Waals surface area contributed by atoms with E-state index in [1.54, 1.807) is 0 Å². The van der Waals surface area contributed by atoms with Crippen LogP contribution in [0.1, 0.15) is 161 Å². The lowest BCUT2D eigenvalue weighted by molar-refractivity contribution is -0.135. The Labute approximate surface area is 366 Å². The third-order valence-corrected chi connectivity index (χ3v) is 12.3. The number of aliphatic hydroxyl groups is 1. The predicted octanol–water partition coefficient (Wildman–Crippen LogP) is 11.9. The monoisotopic (exact) mass is 857 g/mol. The van der Waals surface area contributed by atoms with Gasteiger partial charge in [0.1, 0.15) is 6.33 Å². The molecule has 0 saturated heterocycles. The minimum absolute atomic E-state index is 0.0242. The molecule has 2 heterocycles. The summed E-state index contributed by atoms with van der Waals surface area (Å²) in [7, 11) is 0. The zero-order valence-corrected chi connectivity index (χ0v) is 36.4. The summed E-state index contributed by atoms with van der Waals surface area (Å²) in [6.45, 7) is 3.20. The van der Waals surface area contributed by atoms with E-state index in [0.717, 1.165) is 92.7 Å². The number of carbonyl (C=O) groups is 1. The molecule has 0 aliphatic heterocycles. The highest BCUT2D eigenvalue weighted by Crippen LogP contribution is 2.51. The first-order valence-electron chi connectivity index (χ1n) is 22.9. The fourth-order valence-electron chi connectivity index (χ4n) is 9.04. The molecule has 2 aliphatic rings. The first-order valence-corrected chi connectivity index (χ1v) is 22.9. The number of nitrogens with zero attached hydrogens (tertiary/aromatic N) is 3. The number of fused-ring (bicyclic) bond motifs is 1. The summed E-state index contributed by atoms with van der Waals surface area (Å²) < 4.78 is 37.0. The van der Waals surface area contributed by atoms with E-state index in [-0.39, 0.29) is 29.5 Å². The third kappa shape index (κ3) is 14.9. The number of aromatic nitrogens is 3. The van der Waals surface area contributed by atoms with Gasteiger partial charge in [0.2, 0.25) is 0 Å². The maximum atomic E-state index is 12.3. The molecule has 0 radical (unpaired) electrons. The van der Waals surface area contributed by atoms with Crippen LogP contribution in [0, 0.1) is 0 Å². The van der Waals surface area contributed by atoms with Crippen molar-refractivity contribution in [1.82, 2.24) is 20.3 Å². The van der Waals surface area contributed by atoms with Gasteiger partial charge in [0.05, 0.1) is 23.6 Å². The van der Waals surface area contributed by atoms with Gasteiger partial charge in [0.25, 0.3) is 0 Å². The molecule has 3 unspecified atom stereocenters. The molecule has 1 saturated carbocycles. The average molecular weight is 857 g/mol. The summed E-state index contributed by atoms with van der Waals surface area (Å²) in [4.78, 5) is 22.0. The number of pyridine rings is 1. The van der Waals surface area contributed by atoms with Crippen molar-refractivity contribution >= 4 is 22.9 Å². The number of carboxylic acids is 1. The predicted molar refractivity (Wildman–Crippen MR) is 242 cm³/mol. The van der Waals surface area contributed by atoms with E-state index in [9.17, 15) is 23.1 Å². The highest BCUT2D eigenvalue weighted by molar-refractivity contribution is 5.86. The first kappa shape index (κ1) is 48.2. The molecule has 0 bridgehead atoms. The lowest BCUT2D eigenvalue weighted by Crippen LogP contribution is -2.50. The lowest BCUT2D eigenvalue weighted by atomic mass is 9.77. The molecular formula is C50H67F3N6O3. The Hall–Kier alpha value is -4.81. The van der Waals surface area contributed by atoms with Crippen molar-refractivity contribution in [3.05, 3.63) is 119 Å². The van der Waals surface area contributed by atoms with Crippen LogP contribution in [0.3, 0.4) is 0 Å². The Bertz CT molecular complexity index is 1980. The second kappa shape index (κ2) is 24.7. The number of para-hydroxylation sites is 1. The van der Waals surface area contributed by atoms with Crippen LogP contribution in [0.2, 0.25) is 0 Å². The molecule has 9 nitrogen and oxygen atoms in total. The number of anilines is 2. The van der Waals surface area contributed by atoms with E-state index in [1.165, 1.54) is 73.9 Å². The fraction of sp³-hybridized carbons (Fsp3) is 0.520. The van der Waals surface area contributed by atoms with Crippen LogP contribution < -0.4 is 16.4 Å². The second-order valence-corrected chi connectivity index (χ2v) is 17.1. The van der Waals surface area contributed by atoms with E-state index in [2.05, 4.69) is 82.1 Å². The highest BCUT2D eigenvalue weighted by atomic mass is 19.4. The van der Waals surface area contributed by atoms with Gasteiger partial charge in [-0.3, -0.25) is 4.98 Å². The number of nitrogens with two attached hydrogens (primary N) is 1. The Balaban J connectivity index is 0.000000715. The molecule has 1 fully saturated rings. The van der Waals surface area contributed by atoms with Gasteiger partial charge in [0, 0.05) is 53.8 Å². The molecule has 6 rings (SSSR count). The molecule has 0 spiro atoms. The van der Waals surface area contributed by atoms with Gasteiger partial charge in [-0.15, -0.1) is 0 Å². The van der Waals surface area contributed by atoms with Gasteiger partial charge < -0.3 is 26.6 Å². The molecular weight excluding hydrogens is 790 g/mol. The number of alkyl halides is 3. The molecule has 12 heteroatoms. The number of benzene rings is 2. The van der Waals surface area contributed by atoms with Gasteiger partial charge >= 0.3 is 12.1 Å². The van der Waals surface area contributed by atoms with Crippen molar-refractivity contribution in [2.45, 2.75) is 159 Å². The van der Waals surface area contributed by atoms with Gasteiger partial charge in [0.15, 0.2) is 0 Å². The Morgan fingerprint density at radius 2 is 1.50 bits per heavy atom. The standard InChI is InChI=1S/C45H63F3N4O.C5H4N2O2/c1-2-3-4-5-9-12-19-30-51-44(29-27-37(53)32-44)42-39-23-16-15-22-38(39)40(43(42)49)31-35-25-26-36(33-50-35)52-41-24-17-14-21-34(41)20-13-10-7-6-8-11-18-28-45(46,47)48;8-5(9)4-1-6-3-7-2-4/h14-17,21-26,33,37,42,51-53H,2-13,18-20,27-32,49H2,1H3;1-3H,(H,8,9). The van der Waals surface area contributed by atoms with E-state index in [1.807, 2.05) is 12.3 Å². The van der Waals surface area contributed by atoms with Crippen molar-refractivity contribution in [3.63, 3.8) is 0 Å². The fourth-order valence-corrected chi connectivity index (χ4v) is 9.04. The smallest absolute Gasteiger partial charge is 0.389 e. The summed E-state index contributed by atoms with van der Waals surface area (Å²) in [5.41, 5.74) is 15.7. The highest BCUT2D eigenvalue weighted by Gasteiger charge is 2.49. The number of carboxylic acid groups (broad SMARTS) is 1. The number of hydrogen-bond acceptors (Lipinski definition) is 8. The minimum atomic E-state index is -4.03. The van der Waals surface area contributed by atoms with Crippen LogP contribution in [-0.2, 0) is 12.8 Å². The van der Waals surface area contributed by atoms with Crippen molar-refractivity contribution in [2.75, 3.05) is 11.9 Å². The van der Waals surface area contributed by atoms with Crippen molar-refractivity contribution < 1.29 is 28.2 Å². The number of aliphatic hydroxyl groups excluding tert-OH is 1. The third-order valence-electron chi connectivity index (χ3n) is 12.3. The van der Waals surface area contributed by atoms with Crippen LogP contribution in [-0.4, -0.2) is 55.5 Å². The molecule has 62 heavy (non-hydrogen) atoms. The van der Waals surface area contributed by atoms with Gasteiger partial charge in [-0.25, -0.2) is 14.8 Å². The molecule has 2 aliphatic carbocycles. The molecule has 336 valence electrons. The number of allylic oxidation sites excluding steroid dienone is 1. The largest absolute Gasteiger partial charge is 0.478 e. The second-order valence-electron chi connectivity index (χ2n) is 17.1. The number of halogens is 3. The van der Waals surface area contributed by atoms with Crippen LogP contribution in [0.25, 0.3) is 5.57 Å². The topological polar surface area (TPSA) is 146 Å². The van der Waals surface area contributed by atoms with E-state index >= 15 is 0 Å². The quantitative estimate of drug-likeness (QED) is 0.0435. The first-order chi connectivity index (χ1) is 30.0. The zero-order valence-electron chi connectivity index (χ0n) is 36.4. The minimum Gasteiger partial charge on any atom is -0.478 e. The van der Waals surface area contributed by atoms with Gasteiger partial charge in [-0.2, -0.15) is 13.2 Å². The number of rotatable bonds is 24. The van der Waals surface area contributed by atoms with Gasteiger partial charge in [-0.1, -0.05) is 120 Å². The van der Waals surface area contributed by atoms with Crippen LogP contribution >= 0.6 is 0 Å². The normalized spacial score (nSPS) is 18.3. The number of hydrogen-bond donors (Lipinski definition) is 5. The van der Waals surface area contributed by atoms with Crippen LogP contribution in [0.4, 0.5) is 24.5 Å². The Morgan fingerprint density at radius 3 is 2.15 bits per heavy atom. The summed E-state index contributed by atoms with van der Waals surface area (Å²) >= 11 is 0. The number of nitrogens with one attached hydrogen (secondary N) is 2. The molecule has 2 aromatic heterocycles. The maximum Gasteiger partial charge on any atom is 0.389 e. The number of unbranched alkanes of at least 4 members (excludes halogenated alkanes) is 12. The SMILES string of the molecule is CCCCCCCCCNC1(C2C(N)=C(Cc3ccc(Nc4ccccc4CCCCCCCCCC(F)(F)F)cn3)c3ccccc32)CCC(O)C1.O=C(O)c1cncnc1. The molecule has 3 atom stereocenters. The molecule has 4 aromatic rings. The van der Waals surface area contributed by atoms with Crippen LogP contribution in [0.15, 0.2) is 91.3 Å². The van der Waals surface area contributed by atoms with Crippen molar-refractivity contribution in [1.29, 1.82) is 0 Å². The summed E-state index contributed by atoms with van der Waals surface area (Å²) in [5, 5.41) is 26.7. The zero-order chi connectivity index (χ0) is 44.2. The van der Waals surface area contributed by atoms with Crippen LogP contribution in [0.5, 0.6) is 0 Å². The average Bonchev–Trinajstić information content (AvgIpc) is 3.78. The number of aryl methyl sites for hydroxylation is 1. The summed E-state index contributed by atoms with van der Waals surface area (Å²) in [5.74, 6) is -0.980. The van der Waals surface area contributed by atoms with Crippen molar-refractivity contribution in [2.24, 2.45) is 5.73 Å². The van der Waals surface area contributed by atoms with Crippen molar-refractivity contribution in [3.8, 4) is 0 Å². The molecule has 2 aromatic carbocycles. The van der Waals surface area contributed by atoms with Gasteiger partial charge in [-0.05, 0) is 92.0 Å². The van der Waals surface area contributed by atoms with E-state index in [0.29, 0.717) is 19.3 Å². The molecule has 0 amide bonds. The Morgan fingerprint density at radius 1 is 0.839 bits per heavy atom. The summed E-state index contributed by atoms with van der Waals surface area (Å²) in [6, 6.07) is 21.2. The Kier molecular flexibility index (Phi) is 19.2. The number of aromatic carboxylic acids is 1. The van der Waals surface area contributed by atoms with E-state index < -0.39 is 18.6 Å². The maximum absolute atomic E-state index is 12.3. The lowest BCUT2D eigenvalue weighted by Gasteiger charge is -2.38. The van der Waals surface area contributed by atoms with E-state index in [4.69, 9.17) is 15.8 Å². The molecule has 6 N–H and O–H groups in total. The summed E-state index contributed by atoms with van der Waals surface area (Å²) in [6.07, 6.45) is 19.5.